The van der Waals surface area contributed by atoms with E-state index in [-0.39, 0.29) is 24.9 Å². The second-order valence-electron chi connectivity index (χ2n) is 10.7. The van der Waals surface area contributed by atoms with Crippen molar-refractivity contribution in [1.82, 2.24) is 9.88 Å². The normalized spacial score (nSPS) is 25.1. The molecule has 0 saturated carbocycles. The number of rotatable bonds is 6. The van der Waals surface area contributed by atoms with Gasteiger partial charge in [0, 0.05) is 35.5 Å². The average Bonchev–Trinajstić information content (AvgIpc) is 2.92. The molecule has 0 spiro atoms. The third kappa shape index (κ3) is 4.26. The van der Waals surface area contributed by atoms with Gasteiger partial charge in [-0.05, 0) is 45.0 Å². The van der Waals surface area contributed by atoms with Gasteiger partial charge >= 0.3 is 0 Å². The van der Waals surface area contributed by atoms with Crippen molar-refractivity contribution in [3.8, 4) is 5.75 Å². The summed E-state index contributed by atoms with van der Waals surface area (Å²) in [7, 11) is 3.01. The molecule has 42 heavy (non-hydrogen) atoms. The van der Waals surface area contributed by atoms with Gasteiger partial charge in [-0.15, -0.1) is 0 Å². The zero-order chi connectivity index (χ0) is 30.7. The van der Waals surface area contributed by atoms with Gasteiger partial charge in [0.25, 0.3) is 5.91 Å². The van der Waals surface area contributed by atoms with Crippen LogP contribution in [-0.2, 0) is 20.8 Å². The molecule has 0 aliphatic heterocycles. The fourth-order valence-corrected chi connectivity index (χ4v) is 6.21. The van der Waals surface area contributed by atoms with E-state index in [0.29, 0.717) is 5.69 Å². The van der Waals surface area contributed by atoms with Crippen LogP contribution in [-0.4, -0.2) is 86.0 Å². The quantitative estimate of drug-likeness (QED) is 0.186. The van der Waals surface area contributed by atoms with Crippen LogP contribution >= 0.6 is 0 Å². The number of likely N-dealkylation sites (N-methyl/N-ethyl adjacent to an activating group) is 1. The van der Waals surface area contributed by atoms with Gasteiger partial charge in [-0.1, -0.05) is 0 Å². The lowest BCUT2D eigenvalue weighted by molar-refractivity contribution is -0.148. The molecule has 0 saturated heterocycles. The number of aromatic hydroxyl groups is 1. The Kier molecular flexibility index (Phi) is 6.99. The maximum Gasteiger partial charge on any atom is 0.255 e. The number of aliphatic hydroxyl groups excluding tert-OH is 2. The first-order chi connectivity index (χ1) is 19.8. The molecule has 3 aliphatic rings. The van der Waals surface area contributed by atoms with Crippen LogP contribution in [0.1, 0.15) is 22.3 Å². The minimum atomic E-state index is -2.82. The fourth-order valence-electron chi connectivity index (χ4n) is 6.21. The van der Waals surface area contributed by atoms with Crippen molar-refractivity contribution in [1.29, 1.82) is 0 Å². The third-order valence-corrected chi connectivity index (χ3v) is 8.06. The van der Waals surface area contributed by atoms with Crippen molar-refractivity contribution < 1.29 is 44.0 Å². The van der Waals surface area contributed by atoms with Gasteiger partial charge < -0.3 is 36.8 Å². The highest BCUT2D eigenvalue weighted by Crippen LogP contribution is 2.53. The number of amides is 2. The molecule has 14 heteroatoms. The number of nitrogens with one attached hydrogen (secondary N) is 2. The predicted molar refractivity (Wildman–Crippen MR) is 145 cm³/mol. The van der Waals surface area contributed by atoms with Crippen LogP contribution in [0.15, 0.2) is 53.3 Å². The SMILES string of the molecule is CN(C)[C@@H]1C(O)=C(C(N)=O)C(=O)[C@@]2(O)C(O)=C3C(=O)c4c(O)c(NC(=O)CNc5cccnc5)cc(F)c4C[C@H]3C[C@@H]12. The Bertz CT molecular complexity index is 1600. The molecule has 0 radical (unpaired) electrons. The number of anilines is 2. The first-order valence-electron chi connectivity index (χ1n) is 12.9. The Hall–Kier alpha value is -4.82. The Balaban J connectivity index is 1.54. The number of primary amides is 1. The number of aliphatic hydroxyl groups is 3. The zero-order valence-electron chi connectivity index (χ0n) is 22.5. The number of ketones is 2. The standard InChI is InChI=1S/C28H28FN5O8/c1-34(2)21-14-7-11-6-13-15(29)8-16(33-17(35)10-32-12-4-3-5-31-9-12)22(36)19(13)23(37)18(11)25(39)28(14,42)26(40)20(24(21)38)27(30)41/h3-5,8-9,11,14,21,32,36,38-39,42H,6-7,10H2,1-2H3,(H2,30,41)(H,33,35)/t11-,14-,21-,28-/m0/s1. The largest absolute Gasteiger partial charge is 0.510 e. The summed E-state index contributed by atoms with van der Waals surface area (Å²) in [5.41, 5.74) is 0.522. The Morgan fingerprint density at radius 3 is 2.57 bits per heavy atom. The van der Waals surface area contributed by atoms with Crippen LogP contribution in [0.2, 0.25) is 0 Å². The summed E-state index contributed by atoms with van der Waals surface area (Å²) in [6.45, 7) is -0.280. The summed E-state index contributed by atoms with van der Waals surface area (Å²) in [5.74, 6) is -10.1. The van der Waals surface area contributed by atoms with E-state index < -0.39 is 92.3 Å². The summed E-state index contributed by atoms with van der Waals surface area (Å²) in [6.07, 6.45) is 2.62. The van der Waals surface area contributed by atoms with Crippen molar-refractivity contribution in [3.63, 3.8) is 0 Å². The summed E-state index contributed by atoms with van der Waals surface area (Å²) >= 11 is 0. The minimum Gasteiger partial charge on any atom is -0.510 e. The number of carbonyl (C=O) groups is 4. The molecule has 1 heterocycles. The van der Waals surface area contributed by atoms with Gasteiger partial charge in [-0.3, -0.25) is 29.1 Å². The van der Waals surface area contributed by atoms with Crippen molar-refractivity contribution in [2.45, 2.75) is 24.5 Å². The van der Waals surface area contributed by atoms with E-state index in [1.165, 1.54) is 25.2 Å². The number of allylic oxidation sites excluding steroid dienone is 1. The first-order valence-corrected chi connectivity index (χ1v) is 12.9. The lowest BCUT2D eigenvalue weighted by Gasteiger charge is -2.50. The van der Waals surface area contributed by atoms with Crippen LogP contribution < -0.4 is 16.4 Å². The van der Waals surface area contributed by atoms with E-state index in [4.69, 9.17) is 5.73 Å². The second-order valence-corrected chi connectivity index (χ2v) is 10.7. The predicted octanol–water partition coefficient (Wildman–Crippen LogP) is 0.705. The number of nitrogens with two attached hydrogens (primary N) is 1. The number of nitrogens with zero attached hydrogens (tertiary/aromatic N) is 2. The molecule has 5 rings (SSSR count). The van der Waals surface area contributed by atoms with Crippen LogP contribution in [0.25, 0.3) is 0 Å². The third-order valence-electron chi connectivity index (χ3n) is 8.06. The van der Waals surface area contributed by atoms with Gasteiger partial charge in [-0.2, -0.15) is 0 Å². The van der Waals surface area contributed by atoms with Crippen LogP contribution in [0.4, 0.5) is 15.8 Å². The molecule has 8 N–H and O–H groups in total. The molecule has 0 fully saturated rings. The van der Waals surface area contributed by atoms with Crippen LogP contribution in [0.5, 0.6) is 5.75 Å². The van der Waals surface area contributed by atoms with Gasteiger partial charge in [0.2, 0.25) is 11.7 Å². The molecule has 1 aromatic carbocycles. The molecule has 2 amide bonds. The fraction of sp³-hybridized carbons (Fsp3) is 0.321. The first kappa shape index (κ1) is 28.7. The number of aromatic nitrogens is 1. The number of phenols is 1. The van der Waals surface area contributed by atoms with E-state index in [2.05, 4.69) is 15.6 Å². The minimum absolute atomic E-state index is 0.176. The number of hydrogen-bond donors (Lipinski definition) is 7. The van der Waals surface area contributed by atoms with Gasteiger partial charge in [-0.25, -0.2) is 4.39 Å². The van der Waals surface area contributed by atoms with E-state index >= 15 is 4.39 Å². The summed E-state index contributed by atoms with van der Waals surface area (Å²) in [5, 5.41) is 49.9. The molecule has 1 aromatic heterocycles. The number of fused-ring (bicyclic) bond motifs is 3. The molecular formula is C28H28FN5O8. The smallest absolute Gasteiger partial charge is 0.255 e. The lowest BCUT2D eigenvalue weighted by atomic mass is 9.58. The van der Waals surface area contributed by atoms with Gasteiger partial charge in [0.1, 0.15) is 22.9 Å². The van der Waals surface area contributed by atoms with Crippen molar-refractivity contribution >= 4 is 34.8 Å². The number of benzene rings is 1. The average molecular weight is 582 g/mol. The van der Waals surface area contributed by atoms with Crippen molar-refractivity contribution in [3.05, 3.63) is 70.2 Å². The number of halogens is 1. The molecular weight excluding hydrogens is 553 g/mol. The summed E-state index contributed by atoms with van der Waals surface area (Å²) in [6, 6.07) is 3.02. The Morgan fingerprint density at radius 1 is 1.24 bits per heavy atom. The zero-order valence-corrected chi connectivity index (χ0v) is 22.5. The number of phenolic OH excluding ortho intramolecular Hbond substituents is 1. The highest BCUT2D eigenvalue weighted by Gasteiger charge is 2.63. The number of Topliss-reactive ketones (excluding diaryl/α,β-unsaturated/α-hetero) is 2. The Morgan fingerprint density at radius 2 is 1.95 bits per heavy atom. The maximum absolute atomic E-state index is 15.4. The molecule has 0 unspecified atom stereocenters. The molecule has 3 aliphatic carbocycles. The highest BCUT2D eigenvalue weighted by atomic mass is 19.1. The van der Waals surface area contributed by atoms with E-state index in [1.54, 1.807) is 18.3 Å². The highest BCUT2D eigenvalue weighted by molar-refractivity contribution is 6.25. The van der Waals surface area contributed by atoms with E-state index in [0.717, 1.165) is 6.07 Å². The number of pyridine rings is 1. The second kappa shape index (κ2) is 10.2. The number of carbonyl (C=O) groups excluding carboxylic acids is 4. The van der Waals surface area contributed by atoms with Crippen LogP contribution in [0, 0.1) is 17.7 Å². The summed E-state index contributed by atoms with van der Waals surface area (Å²) in [4.78, 5) is 57.0. The lowest BCUT2D eigenvalue weighted by Crippen LogP contribution is -2.63. The maximum atomic E-state index is 15.4. The van der Waals surface area contributed by atoms with E-state index in [9.17, 15) is 39.6 Å². The molecule has 2 aromatic rings. The molecule has 13 nitrogen and oxygen atoms in total. The molecule has 220 valence electrons. The van der Waals surface area contributed by atoms with Crippen molar-refractivity contribution in [2.75, 3.05) is 31.3 Å². The summed E-state index contributed by atoms with van der Waals surface area (Å²) < 4.78 is 15.4. The van der Waals surface area contributed by atoms with Crippen LogP contribution in [0.3, 0.4) is 0 Å². The topological polar surface area (TPSA) is 215 Å². The van der Waals surface area contributed by atoms with Gasteiger partial charge in [0.15, 0.2) is 17.1 Å². The van der Waals surface area contributed by atoms with Gasteiger partial charge in [0.05, 0.1) is 29.5 Å². The van der Waals surface area contributed by atoms with Crippen molar-refractivity contribution in [2.24, 2.45) is 17.6 Å². The van der Waals surface area contributed by atoms with E-state index in [1.807, 2.05) is 0 Å². The molecule has 0 bridgehead atoms. The Labute approximate surface area is 238 Å². The molecule has 4 atom stereocenters. The number of hydrogen-bond acceptors (Lipinski definition) is 11. The monoisotopic (exact) mass is 581 g/mol.